The van der Waals surface area contributed by atoms with Crippen LogP contribution in [0.2, 0.25) is 0 Å². The average Bonchev–Trinajstić information content (AvgIpc) is 2.91. The fraction of sp³-hybridized carbons (Fsp3) is 0.312. The highest BCUT2D eigenvalue weighted by Crippen LogP contribution is 2.45. The molecule has 4 N–H and O–H groups in total. The Balaban J connectivity index is 1.31. The number of rotatable bonds is 6. The molecule has 2 aliphatic rings. The number of nitrogens with one attached hydrogen (secondary N) is 2. The predicted molar refractivity (Wildman–Crippen MR) is 147 cm³/mol. The zero-order chi connectivity index (χ0) is 26.3. The van der Waals surface area contributed by atoms with Crippen LogP contribution in [0.1, 0.15) is 61.7 Å². The van der Waals surface area contributed by atoms with Crippen molar-refractivity contribution in [2.24, 2.45) is 0 Å². The van der Waals surface area contributed by atoms with Crippen molar-refractivity contribution >= 4 is 33.4 Å². The second-order valence-electron chi connectivity index (χ2n) is 10.9. The molecule has 2 atom stereocenters. The van der Waals surface area contributed by atoms with E-state index in [0.29, 0.717) is 25.7 Å². The standard InChI is InChI=1S/C32H32N2O4/c35-29(33-27(31(37)17-7-18-31)25-15-5-11-21-9-1-3-13-23(21)25)30(36)34-28(32(38)19-8-20-32)26-16-6-12-22-10-2-4-14-24(22)26/h1-6,9-16,27-28,37-38H,7-8,17-20H2,(H,33,35)(H,34,36)/t27-,28-/m1/s1. The lowest BCUT2D eigenvalue weighted by Crippen LogP contribution is -2.56. The number of hydrogen-bond acceptors (Lipinski definition) is 4. The minimum Gasteiger partial charge on any atom is -0.387 e. The van der Waals surface area contributed by atoms with Crippen LogP contribution < -0.4 is 10.6 Å². The monoisotopic (exact) mass is 508 g/mol. The first-order valence-corrected chi connectivity index (χ1v) is 13.4. The van der Waals surface area contributed by atoms with Crippen LogP contribution in [0.3, 0.4) is 0 Å². The number of carbonyl (C=O) groups excluding carboxylic acids is 2. The molecule has 6 nitrogen and oxygen atoms in total. The highest BCUT2D eigenvalue weighted by atomic mass is 16.3. The Bertz CT molecular complexity index is 1400. The summed E-state index contributed by atoms with van der Waals surface area (Å²) in [7, 11) is 0. The average molecular weight is 509 g/mol. The van der Waals surface area contributed by atoms with Gasteiger partial charge < -0.3 is 20.8 Å². The Labute approximate surface area is 221 Å². The van der Waals surface area contributed by atoms with Gasteiger partial charge in [-0.15, -0.1) is 0 Å². The maximum absolute atomic E-state index is 13.4. The maximum Gasteiger partial charge on any atom is 0.309 e. The van der Waals surface area contributed by atoms with Gasteiger partial charge in [0, 0.05) is 0 Å². The van der Waals surface area contributed by atoms with Crippen LogP contribution in [0, 0.1) is 0 Å². The van der Waals surface area contributed by atoms with Gasteiger partial charge in [0.25, 0.3) is 0 Å². The Morgan fingerprint density at radius 3 is 1.32 bits per heavy atom. The Kier molecular flexibility index (Phi) is 6.17. The second kappa shape index (κ2) is 9.53. The summed E-state index contributed by atoms with van der Waals surface area (Å²) in [5.41, 5.74) is -0.674. The molecule has 0 spiro atoms. The van der Waals surface area contributed by atoms with E-state index >= 15 is 0 Å². The van der Waals surface area contributed by atoms with Gasteiger partial charge in [0.15, 0.2) is 0 Å². The number of hydrogen-bond donors (Lipinski definition) is 4. The molecule has 0 heterocycles. The fourth-order valence-electron chi connectivity index (χ4n) is 6.06. The normalized spacial score (nSPS) is 19.1. The number of fused-ring (bicyclic) bond motifs is 2. The van der Waals surface area contributed by atoms with Gasteiger partial charge in [-0.2, -0.15) is 0 Å². The van der Waals surface area contributed by atoms with E-state index in [2.05, 4.69) is 10.6 Å². The van der Waals surface area contributed by atoms with Crippen LogP contribution in [-0.4, -0.2) is 33.2 Å². The van der Waals surface area contributed by atoms with Gasteiger partial charge in [0.1, 0.15) is 0 Å². The molecule has 0 saturated heterocycles. The van der Waals surface area contributed by atoms with Crippen LogP contribution in [0.5, 0.6) is 0 Å². The SMILES string of the molecule is O=C(N[C@H](c1cccc2ccccc12)C1(O)CCC1)C(=O)N[C@H](c1cccc2ccccc12)C1(O)CCC1. The molecule has 0 aliphatic heterocycles. The number of aliphatic hydroxyl groups is 2. The minimum atomic E-state index is -1.12. The molecule has 0 aromatic heterocycles. The molecule has 6 heteroatoms. The summed E-state index contributed by atoms with van der Waals surface area (Å²) < 4.78 is 0. The summed E-state index contributed by atoms with van der Waals surface area (Å²) >= 11 is 0. The predicted octanol–water partition coefficient (Wildman–Crippen LogP) is 4.84. The van der Waals surface area contributed by atoms with Crippen molar-refractivity contribution in [3.8, 4) is 0 Å². The molecule has 2 saturated carbocycles. The van der Waals surface area contributed by atoms with Crippen LogP contribution in [0.25, 0.3) is 21.5 Å². The van der Waals surface area contributed by atoms with Crippen molar-refractivity contribution in [3.05, 3.63) is 96.1 Å². The zero-order valence-electron chi connectivity index (χ0n) is 21.2. The summed E-state index contributed by atoms with van der Waals surface area (Å²) in [5, 5.41) is 32.4. The third-order valence-corrected chi connectivity index (χ3v) is 8.54. The molecule has 2 amide bonds. The van der Waals surface area contributed by atoms with Gasteiger partial charge in [0.05, 0.1) is 23.3 Å². The first kappa shape index (κ1) is 24.6. The lowest BCUT2D eigenvalue weighted by molar-refractivity contribution is -0.145. The summed E-state index contributed by atoms with van der Waals surface area (Å²) in [6.07, 6.45) is 3.89. The van der Waals surface area contributed by atoms with Gasteiger partial charge in [-0.05, 0) is 71.2 Å². The van der Waals surface area contributed by atoms with Gasteiger partial charge in [-0.1, -0.05) is 84.9 Å². The number of carbonyl (C=O) groups is 2. The Morgan fingerprint density at radius 1 is 0.579 bits per heavy atom. The number of benzene rings is 4. The quantitative estimate of drug-likeness (QED) is 0.280. The van der Waals surface area contributed by atoms with E-state index in [1.807, 2.05) is 84.9 Å². The molecule has 2 aliphatic carbocycles. The summed E-state index contributed by atoms with van der Waals surface area (Å²) in [5.74, 6) is -1.65. The van der Waals surface area contributed by atoms with E-state index in [9.17, 15) is 19.8 Å². The third-order valence-electron chi connectivity index (χ3n) is 8.54. The highest BCUT2D eigenvalue weighted by Gasteiger charge is 2.47. The van der Waals surface area contributed by atoms with Crippen LogP contribution in [0.4, 0.5) is 0 Å². The zero-order valence-corrected chi connectivity index (χ0v) is 21.2. The van der Waals surface area contributed by atoms with Crippen molar-refractivity contribution < 1.29 is 19.8 Å². The van der Waals surface area contributed by atoms with Crippen LogP contribution >= 0.6 is 0 Å². The molecular weight excluding hydrogens is 476 g/mol. The minimum absolute atomic E-state index is 0.543. The van der Waals surface area contributed by atoms with Gasteiger partial charge >= 0.3 is 11.8 Å². The molecule has 0 bridgehead atoms. The number of amides is 2. The first-order chi connectivity index (χ1) is 18.4. The molecule has 6 rings (SSSR count). The van der Waals surface area contributed by atoms with Crippen molar-refractivity contribution in [2.45, 2.75) is 61.8 Å². The fourth-order valence-corrected chi connectivity index (χ4v) is 6.06. The van der Waals surface area contributed by atoms with Crippen LogP contribution in [-0.2, 0) is 9.59 Å². The molecule has 4 aromatic rings. The highest BCUT2D eigenvalue weighted by molar-refractivity contribution is 6.35. The van der Waals surface area contributed by atoms with Crippen molar-refractivity contribution in [1.82, 2.24) is 10.6 Å². The topological polar surface area (TPSA) is 98.7 Å². The van der Waals surface area contributed by atoms with E-state index in [1.165, 1.54) is 0 Å². The van der Waals surface area contributed by atoms with Gasteiger partial charge in [0.2, 0.25) is 0 Å². The first-order valence-electron chi connectivity index (χ1n) is 13.4. The third kappa shape index (κ3) is 4.24. The lowest BCUT2D eigenvalue weighted by atomic mass is 9.71. The van der Waals surface area contributed by atoms with Crippen LogP contribution in [0.15, 0.2) is 84.9 Å². The summed E-state index contributed by atoms with van der Waals surface area (Å²) in [6.45, 7) is 0. The molecule has 4 aromatic carbocycles. The maximum atomic E-state index is 13.4. The lowest BCUT2D eigenvalue weighted by Gasteiger charge is -2.45. The van der Waals surface area contributed by atoms with E-state index in [0.717, 1.165) is 45.5 Å². The van der Waals surface area contributed by atoms with Crippen molar-refractivity contribution in [3.63, 3.8) is 0 Å². The summed E-state index contributed by atoms with van der Waals surface area (Å²) in [4.78, 5) is 26.8. The van der Waals surface area contributed by atoms with E-state index < -0.39 is 35.1 Å². The van der Waals surface area contributed by atoms with Gasteiger partial charge in [-0.3, -0.25) is 9.59 Å². The molecule has 0 radical (unpaired) electrons. The van der Waals surface area contributed by atoms with E-state index in [-0.39, 0.29) is 0 Å². The Morgan fingerprint density at radius 2 is 0.947 bits per heavy atom. The molecule has 194 valence electrons. The molecule has 0 unspecified atom stereocenters. The smallest absolute Gasteiger partial charge is 0.309 e. The molecule has 38 heavy (non-hydrogen) atoms. The Hall–Kier alpha value is -3.74. The van der Waals surface area contributed by atoms with Crippen molar-refractivity contribution in [2.75, 3.05) is 0 Å². The van der Waals surface area contributed by atoms with E-state index in [1.54, 1.807) is 0 Å². The largest absolute Gasteiger partial charge is 0.387 e. The second-order valence-corrected chi connectivity index (χ2v) is 10.9. The van der Waals surface area contributed by atoms with Crippen molar-refractivity contribution in [1.29, 1.82) is 0 Å². The van der Waals surface area contributed by atoms with E-state index in [4.69, 9.17) is 0 Å². The molecular formula is C32H32N2O4. The summed E-state index contributed by atoms with van der Waals surface area (Å²) in [6, 6.07) is 25.8. The van der Waals surface area contributed by atoms with Gasteiger partial charge in [-0.25, -0.2) is 0 Å². The molecule has 2 fully saturated rings.